The van der Waals surface area contributed by atoms with Crippen LogP contribution in [0.5, 0.6) is 5.75 Å². The SMILES string of the molecule is COc1ccc(C(=O)CC2OC(C(F)(F)F)c3ccccc32)cc1. The van der Waals surface area contributed by atoms with Crippen LogP contribution in [0.2, 0.25) is 0 Å². The van der Waals surface area contributed by atoms with Gasteiger partial charge in [0.1, 0.15) is 5.75 Å². The van der Waals surface area contributed by atoms with E-state index in [2.05, 4.69) is 0 Å². The van der Waals surface area contributed by atoms with Gasteiger partial charge >= 0.3 is 6.18 Å². The van der Waals surface area contributed by atoms with E-state index in [1.54, 1.807) is 36.4 Å². The van der Waals surface area contributed by atoms with Crippen molar-refractivity contribution in [1.29, 1.82) is 0 Å². The smallest absolute Gasteiger partial charge is 0.418 e. The zero-order valence-corrected chi connectivity index (χ0v) is 12.8. The molecule has 2 aromatic rings. The zero-order valence-electron chi connectivity index (χ0n) is 12.8. The van der Waals surface area contributed by atoms with E-state index in [0.717, 1.165) is 0 Å². The lowest BCUT2D eigenvalue weighted by Gasteiger charge is -2.17. The van der Waals surface area contributed by atoms with Crippen molar-refractivity contribution in [3.63, 3.8) is 0 Å². The molecule has 0 saturated heterocycles. The standard InChI is InChI=1S/C18H15F3O3/c1-23-12-8-6-11(7-9-12)15(22)10-16-13-4-2-3-5-14(13)17(24-16)18(19,20)21/h2-9,16-17H,10H2,1H3. The Hall–Kier alpha value is -2.34. The van der Waals surface area contributed by atoms with Gasteiger partial charge in [-0.15, -0.1) is 0 Å². The number of alkyl halides is 3. The van der Waals surface area contributed by atoms with Crippen molar-refractivity contribution in [3.05, 3.63) is 65.2 Å². The van der Waals surface area contributed by atoms with Gasteiger partial charge in [-0.2, -0.15) is 13.2 Å². The molecule has 2 unspecified atom stereocenters. The van der Waals surface area contributed by atoms with E-state index in [4.69, 9.17) is 9.47 Å². The number of ether oxygens (including phenoxy) is 2. The van der Waals surface area contributed by atoms with Gasteiger partial charge in [-0.05, 0) is 35.4 Å². The average molecular weight is 336 g/mol. The number of carbonyl (C=O) groups excluding carboxylic acids is 1. The Morgan fingerprint density at radius 3 is 2.29 bits per heavy atom. The maximum atomic E-state index is 13.1. The Morgan fingerprint density at radius 2 is 1.71 bits per heavy atom. The van der Waals surface area contributed by atoms with Gasteiger partial charge in [0.15, 0.2) is 11.9 Å². The number of carbonyl (C=O) groups is 1. The van der Waals surface area contributed by atoms with Crippen molar-refractivity contribution < 1.29 is 27.4 Å². The summed E-state index contributed by atoms with van der Waals surface area (Å²) >= 11 is 0. The van der Waals surface area contributed by atoms with Crippen molar-refractivity contribution in [1.82, 2.24) is 0 Å². The molecule has 6 heteroatoms. The summed E-state index contributed by atoms with van der Waals surface area (Å²) in [6, 6.07) is 12.6. The Kier molecular flexibility index (Phi) is 4.32. The number of rotatable bonds is 4. The molecule has 2 aromatic carbocycles. The van der Waals surface area contributed by atoms with Crippen LogP contribution < -0.4 is 4.74 Å². The van der Waals surface area contributed by atoms with E-state index in [-0.39, 0.29) is 17.8 Å². The molecule has 0 N–H and O–H groups in total. The average Bonchev–Trinajstić information content (AvgIpc) is 2.94. The topological polar surface area (TPSA) is 35.5 Å². The third-order valence-electron chi connectivity index (χ3n) is 4.01. The number of halogens is 3. The quantitative estimate of drug-likeness (QED) is 0.763. The molecule has 0 aliphatic carbocycles. The molecular weight excluding hydrogens is 321 g/mol. The summed E-state index contributed by atoms with van der Waals surface area (Å²) in [4.78, 5) is 12.4. The first-order chi connectivity index (χ1) is 11.4. The van der Waals surface area contributed by atoms with E-state index in [1.807, 2.05) is 0 Å². The third kappa shape index (κ3) is 3.14. The highest BCUT2D eigenvalue weighted by atomic mass is 19.4. The largest absolute Gasteiger partial charge is 0.497 e. The number of ketones is 1. The van der Waals surface area contributed by atoms with Gasteiger partial charge < -0.3 is 9.47 Å². The van der Waals surface area contributed by atoms with Gasteiger partial charge in [-0.25, -0.2) is 0 Å². The van der Waals surface area contributed by atoms with Gasteiger partial charge in [0.2, 0.25) is 0 Å². The number of fused-ring (bicyclic) bond motifs is 1. The normalized spacial score (nSPS) is 19.8. The van der Waals surface area contributed by atoms with E-state index in [0.29, 0.717) is 16.9 Å². The van der Waals surface area contributed by atoms with Crippen LogP contribution in [0, 0.1) is 0 Å². The van der Waals surface area contributed by atoms with Crippen molar-refractivity contribution in [2.45, 2.75) is 24.8 Å². The lowest BCUT2D eigenvalue weighted by molar-refractivity contribution is -0.228. The minimum absolute atomic E-state index is 0.0810. The summed E-state index contributed by atoms with van der Waals surface area (Å²) in [6.45, 7) is 0. The second kappa shape index (κ2) is 6.28. The summed E-state index contributed by atoms with van der Waals surface area (Å²) in [7, 11) is 1.51. The second-order valence-corrected chi connectivity index (χ2v) is 5.53. The van der Waals surface area contributed by atoms with Gasteiger partial charge in [0.05, 0.1) is 13.2 Å². The highest BCUT2D eigenvalue weighted by Crippen LogP contribution is 2.48. The summed E-state index contributed by atoms with van der Waals surface area (Å²) in [5, 5.41) is 0. The predicted molar refractivity (Wildman–Crippen MR) is 81.0 cm³/mol. The minimum atomic E-state index is -4.51. The molecule has 0 spiro atoms. The molecule has 126 valence electrons. The van der Waals surface area contributed by atoms with Crippen LogP contribution in [-0.2, 0) is 4.74 Å². The van der Waals surface area contributed by atoms with Gasteiger partial charge in [0, 0.05) is 12.0 Å². The Bertz CT molecular complexity index is 738. The van der Waals surface area contributed by atoms with Gasteiger partial charge in [-0.3, -0.25) is 4.79 Å². The highest BCUT2D eigenvalue weighted by molar-refractivity contribution is 5.96. The Labute approximate surface area is 137 Å². The van der Waals surface area contributed by atoms with Crippen LogP contribution in [0.3, 0.4) is 0 Å². The maximum Gasteiger partial charge on any atom is 0.418 e. The molecule has 1 aliphatic heterocycles. The number of hydrogen-bond donors (Lipinski definition) is 0. The number of hydrogen-bond acceptors (Lipinski definition) is 3. The molecule has 1 heterocycles. The first-order valence-corrected chi connectivity index (χ1v) is 7.38. The summed E-state index contributed by atoms with van der Waals surface area (Å²) in [5.74, 6) is 0.325. The molecule has 0 fully saturated rings. The van der Waals surface area contributed by atoms with Crippen LogP contribution >= 0.6 is 0 Å². The fraction of sp³-hybridized carbons (Fsp3) is 0.278. The molecule has 3 rings (SSSR count). The minimum Gasteiger partial charge on any atom is -0.497 e. The highest BCUT2D eigenvalue weighted by Gasteiger charge is 2.49. The molecule has 0 bridgehead atoms. The summed E-state index contributed by atoms with van der Waals surface area (Å²) in [5.41, 5.74) is 0.909. The van der Waals surface area contributed by atoms with Crippen molar-refractivity contribution >= 4 is 5.78 Å². The maximum absolute atomic E-state index is 13.1. The van der Waals surface area contributed by atoms with E-state index in [9.17, 15) is 18.0 Å². The Morgan fingerprint density at radius 1 is 1.08 bits per heavy atom. The lowest BCUT2D eigenvalue weighted by atomic mass is 9.97. The number of Topliss-reactive ketones (excluding diaryl/α,β-unsaturated/α-hetero) is 1. The molecule has 24 heavy (non-hydrogen) atoms. The van der Waals surface area contributed by atoms with Crippen LogP contribution in [0.1, 0.15) is 40.1 Å². The molecule has 0 aromatic heterocycles. The fourth-order valence-corrected chi connectivity index (χ4v) is 2.83. The molecule has 0 amide bonds. The summed E-state index contributed by atoms with van der Waals surface area (Å²) < 4.78 is 49.6. The van der Waals surface area contributed by atoms with Crippen LogP contribution in [0.15, 0.2) is 48.5 Å². The molecular formula is C18H15F3O3. The zero-order chi connectivity index (χ0) is 17.3. The molecule has 2 atom stereocenters. The van der Waals surface area contributed by atoms with E-state index >= 15 is 0 Å². The van der Waals surface area contributed by atoms with Crippen LogP contribution in [-0.4, -0.2) is 19.1 Å². The second-order valence-electron chi connectivity index (χ2n) is 5.53. The van der Waals surface area contributed by atoms with E-state index in [1.165, 1.54) is 19.2 Å². The third-order valence-corrected chi connectivity index (χ3v) is 4.01. The molecule has 1 aliphatic rings. The number of benzene rings is 2. The fourth-order valence-electron chi connectivity index (χ4n) is 2.83. The van der Waals surface area contributed by atoms with Crippen molar-refractivity contribution in [3.8, 4) is 5.75 Å². The monoisotopic (exact) mass is 336 g/mol. The molecule has 0 saturated carbocycles. The predicted octanol–water partition coefficient (Wildman–Crippen LogP) is 4.64. The van der Waals surface area contributed by atoms with Crippen molar-refractivity contribution in [2.75, 3.05) is 7.11 Å². The van der Waals surface area contributed by atoms with E-state index < -0.39 is 18.4 Å². The van der Waals surface area contributed by atoms with Crippen LogP contribution in [0.25, 0.3) is 0 Å². The Balaban J connectivity index is 1.81. The van der Waals surface area contributed by atoms with Crippen molar-refractivity contribution in [2.24, 2.45) is 0 Å². The molecule has 3 nitrogen and oxygen atoms in total. The molecule has 0 radical (unpaired) electrons. The summed E-state index contributed by atoms with van der Waals surface area (Å²) in [6.07, 6.45) is -7.53. The first-order valence-electron chi connectivity index (χ1n) is 7.38. The van der Waals surface area contributed by atoms with Gasteiger partial charge in [-0.1, -0.05) is 24.3 Å². The lowest BCUT2D eigenvalue weighted by Crippen LogP contribution is -2.20. The van der Waals surface area contributed by atoms with Crippen LogP contribution in [0.4, 0.5) is 13.2 Å². The van der Waals surface area contributed by atoms with Gasteiger partial charge in [0.25, 0.3) is 0 Å². The first kappa shape index (κ1) is 16.5. The number of methoxy groups -OCH3 is 1.